The first kappa shape index (κ1) is 13.7. The normalized spacial score (nSPS) is 14.3. The Labute approximate surface area is 127 Å². The zero-order valence-corrected chi connectivity index (χ0v) is 12.1. The maximum Gasteiger partial charge on any atom is 0.273 e. The van der Waals surface area contributed by atoms with Gasteiger partial charge in [0.2, 0.25) is 0 Å². The summed E-state index contributed by atoms with van der Waals surface area (Å²) in [5, 5.41) is 7.36. The molecule has 0 unspecified atom stereocenters. The fourth-order valence-corrected chi connectivity index (χ4v) is 2.88. The summed E-state index contributed by atoms with van der Waals surface area (Å²) in [6.07, 6.45) is 7.36. The highest BCUT2D eigenvalue weighted by Crippen LogP contribution is 2.32. The third-order valence-corrected chi connectivity index (χ3v) is 3.92. The van der Waals surface area contributed by atoms with Crippen LogP contribution in [-0.2, 0) is 6.54 Å². The molecule has 1 aliphatic heterocycles. The van der Waals surface area contributed by atoms with Gasteiger partial charge < -0.3 is 15.7 Å². The highest BCUT2D eigenvalue weighted by Gasteiger charge is 2.19. The van der Waals surface area contributed by atoms with Crippen LogP contribution in [0.4, 0.5) is 0 Å². The third kappa shape index (κ3) is 2.40. The molecule has 2 aromatic rings. The van der Waals surface area contributed by atoms with E-state index in [0.717, 1.165) is 35.9 Å². The molecule has 0 saturated carbocycles. The minimum absolute atomic E-state index is 0.244. The molecular formula is C15H15ClN4O. The highest BCUT2D eigenvalue weighted by molar-refractivity contribution is 6.36. The number of hydrazone groups is 1. The van der Waals surface area contributed by atoms with Crippen LogP contribution in [0.15, 0.2) is 29.4 Å². The number of nitrogens with zero attached hydrogens (tertiary/aromatic N) is 2. The van der Waals surface area contributed by atoms with Gasteiger partial charge >= 0.3 is 0 Å². The Balaban J connectivity index is 2.23. The molecule has 1 aromatic carbocycles. The number of carbonyl (C=O) groups excluding carboxylic acids is 1. The monoisotopic (exact) mass is 302 g/mol. The molecule has 21 heavy (non-hydrogen) atoms. The summed E-state index contributed by atoms with van der Waals surface area (Å²) >= 11 is 6.28. The van der Waals surface area contributed by atoms with E-state index in [1.807, 2.05) is 22.8 Å². The van der Waals surface area contributed by atoms with Crippen LogP contribution in [0.1, 0.15) is 28.9 Å². The molecule has 6 heteroatoms. The number of aryl methyl sites for hydroxylation is 1. The second kappa shape index (κ2) is 5.61. The predicted molar refractivity (Wildman–Crippen MR) is 85.4 cm³/mol. The van der Waals surface area contributed by atoms with Crippen LogP contribution in [0.2, 0.25) is 5.02 Å². The lowest BCUT2D eigenvalue weighted by Crippen LogP contribution is -2.25. The average Bonchev–Trinajstić information content (AvgIpc) is 2.84. The Morgan fingerprint density at radius 1 is 1.48 bits per heavy atom. The molecule has 0 radical (unpaired) electrons. The topological polar surface area (TPSA) is 72.4 Å². The minimum Gasteiger partial charge on any atom is -0.336 e. The number of amides is 1. The zero-order chi connectivity index (χ0) is 14.8. The quantitative estimate of drug-likeness (QED) is 0.387. The summed E-state index contributed by atoms with van der Waals surface area (Å²) in [4.78, 5) is 12.3. The Hall–Kier alpha value is -2.27. The van der Waals surface area contributed by atoms with Crippen molar-refractivity contribution in [2.24, 2.45) is 10.9 Å². The first-order valence-electron chi connectivity index (χ1n) is 6.73. The fourth-order valence-electron chi connectivity index (χ4n) is 2.68. The van der Waals surface area contributed by atoms with Gasteiger partial charge in [0, 0.05) is 11.9 Å². The standard InChI is InChI=1S/C15H15ClN4O/c16-12-6-5-10-4-2-1-3-7-20-13(8-11(12)14(10)20)15(21)18-9-19-17/h2,4-6,8-9H,1,3,7,17H2,(H,18,19,21). The van der Waals surface area contributed by atoms with E-state index >= 15 is 0 Å². The Kier molecular flexibility index (Phi) is 3.66. The van der Waals surface area contributed by atoms with Gasteiger partial charge in [0.1, 0.15) is 12.0 Å². The smallest absolute Gasteiger partial charge is 0.273 e. The fraction of sp³-hybridized carbons (Fsp3) is 0.200. The second-order valence-electron chi connectivity index (χ2n) is 4.88. The van der Waals surface area contributed by atoms with E-state index in [0.29, 0.717) is 10.7 Å². The van der Waals surface area contributed by atoms with Crippen LogP contribution >= 0.6 is 11.6 Å². The number of carbonyl (C=O) groups is 1. The number of nitrogens with one attached hydrogen (secondary N) is 1. The summed E-state index contributed by atoms with van der Waals surface area (Å²) in [5.74, 6) is 4.78. The number of hydrogen-bond donors (Lipinski definition) is 2. The number of benzene rings is 1. The van der Waals surface area contributed by atoms with Crippen LogP contribution in [-0.4, -0.2) is 16.8 Å². The maximum atomic E-state index is 12.3. The summed E-state index contributed by atoms with van der Waals surface area (Å²) < 4.78 is 2.01. The van der Waals surface area contributed by atoms with Gasteiger partial charge in [0.05, 0.1) is 10.5 Å². The van der Waals surface area contributed by atoms with Crippen LogP contribution in [0.3, 0.4) is 0 Å². The van der Waals surface area contributed by atoms with E-state index in [1.54, 1.807) is 0 Å². The van der Waals surface area contributed by atoms with Gasteiger partial charge in [-0.1, -0.05) is 29.8 Å². The second-order valence-corrected chi connectivity index (χ2v) is 5.28. The molecule has 108 valence electrons. The van der Waals surface area contributed by atoms with Crippen molar-refractivity contribution in [1.29, 1.82) is 0 Å². The number of rotatable bonds is 2. The summed E-state index contributed by atoms with van der Waals surface area (Å²) in [7, 11) is 0. The van der Waals surface area contributed by atoms with Crippen molar-refractivity contribution in [3.8, 4) is 0 Å². The van der Waals surface area contributed by atoms with Crippen molar-refractivity contribution in [3.05, 3.63) is 40.6 Å². The molecule has 3 N–H and O–H groups in total. The summed E-state index contributed by atoms with van der Waals surface area (Å²) in [6.45, 7) is 0.768. The third-order valence-electron chi connectivity index (χ3n) is 3.59. The number of hydrogen-bond acceptors (Lipinski definition) is 3. The van der Waals surface area contributed by atoms with Crippen LogP contribution in [0.5, 0.6) is 0 Å². The van der Waals surface area contributed by atoms with Gasteiger partial charge in [-0.3, -0.25) is 4.79 Å². The van der Waals surface area contributed by atoms with Crippen LogP contribution < -0.4 is 11.2 Å². The SMILES string of the molecule is NN=CNC(=O)c1cc2c(Cl)ccc3c2n1CCCC=C3. The molecule has 0 spiro atoms. The molecule has 1 aliphatic rings. The molecule has 5 nitrogen and oxygen atoms in total. The van der Waals surface area contributed by atoms with Crippen molar-refractivity contribution >= 4 is 40.8 Å². The van der Waals surface area contributed by atoms with Gasteiger partial charge in [0.25, 0.3) is 5.91 Å². The lowest BCUT2D eigenvalue weighted by Gasteiger charge is -2.13. The Bertz CT molecular complexity index is 761. The molecular weight excluding hydrogens is 288 g/mol. The van der Waals surface area contributed by atoms with Crippen molar-refractivity contribution < 1.29 is 4.79 Å². The number of nitrogens with two attached hydrogens (primary N) is 1. The van der Waals surface area contributed by atoms with E-state index in [4.69, 9.17) is 17.4 Å². The van der Waals surface area contributed by atoms with E-state index < -0.39 is 0 Å². The molecule has 0 saturated heterocycles. The molecule has 1 amide bonds. The van der Waals surface area contributed by atoms with E-state index in [9.17, 15) is 4.79 Å². The lowest BCUT2D eigenvalue weighted by molar-refractivity contribution is 0.0969. The predicted octanol–water partition coefficient (Wildman–Crippen LogP) is 2.73. The molecule has 0 aliphatic carbocycles. The van der Waals surface area contributed by atoms with Gasteiger partial charge in [0.15, 0.2) is 0 Å². The van der Waals surface area contributed by atoms with Gasteiger partial charge in [-0.25, -0.2) is 0 Å². The van der Waals surface area contributed by atoms with Crippen molar-refractivity contribution in [1.82, 2.24) is 9.88 Å². The van der Waals surface area contributed by atoms with Gasteiger partial charge in [-0.2, -0.15) is 5.10 Å². The number of aromatic nitrogens is 1. The molecule has 0 fully saturated rings. The van der Waals surface area contributed by atoms with E-state index in [1.165, 1.54) is 6.34 Å². The number of halogens is 1. The maximum absolute atomic E-state index is 12.3. The van der Waals surface area contributed by atoms with Gasteiger partial charge in [-0.05, 0) is 30.5 Å². The van der Waals surface area contributed by atoms with Crippen molar-refractivity contribution in [3.63, 3.8) is 0 Å². The Morgan fingerprint density at radius 2 is 2.33 bits per heavy atom. The molecule has 2 heterocycles. The molecule has 1 aromatic heterocycles. The summed E-state index contributed by atoms with van der Waals surface area (Å²) in [6, 6.07) is 5.66. The molecule has 0 bridgehead atoms. The Morgan fingerprint density at radius 3 is 3.14 bits per heavy atom. The first-order chi connectivity index (χ1) is 10.2. The minimum atomic E-state index is -0.244. The van der Waals surface area contributed by atoms with Crippen molar-refractivity contribution in [2.75, 3.05) is 0 Å². The lowest BCUT2D eigenvalue weighted by atomic mass is 10.1. The van der Waals surface area contributed by atoms with E-state index in [-0.39, 0.29) is 5.91 Å². The largest absolute Gasteiger partial charge is 0.336 e. The molecule has 3 rings (SSSR count). The molecule has 0 atom stereocenters. The van der Waals surface area contributed by atoms with Crippen LogP contribution in [0.25, 0.3) is 17.0 Å². The summed E-state index contributed by atoms with van der Waals surface area (Å²) in [5.41, 5.74) is 2.63. The van der Waals surface area contributed by atoms with Gasteiger partial charge in [-0.15, -0.1) is 0 Å². The zero-order valence-electron chi connectivity index (χ0n) is 11.3. The first-order valence-corrected chi connectivity index (χ1v) is 7.11. The van der Waals surface area contributed by atoms with E-state index in [2.05, 4.69) is 22.6 Å². The average molecular weight is 303 g/mol. The van der Waals surface area contributed by atoms with Crippen LogP contribution in [0, 0.1) is 0 Å². The number of allylic oxidation sites excluding steroid dienone is 1. The highest BCUT2D eigenvalue weighted by atomic mass is 35.5. The van der Waals surface area contributed by atoms with Crippen molar-refractivity contribution in [2.45, 2.75) is 19.4 Å².